The average molecular weight is 467 g/mol. The molecule has 0 spiro atoms. The number of hydrogen-bond acceptors (Lipinski definition) is 5. The SMILES string of the molecule is CC(O)CC1CCCN1C(=O)C(CC(=O)O)NC(=O)OCC1c2ccccc2-c2ccccc21. The molecule has 2 amide bonds. The Morgan fingerprint density at radius 1 is 1.09 bits per heavy atom. The van der Waals surface area contributed by atoms with Gasteiger partial charge in [0.05, 0.1) is 12.5 Å². The summed E-state index contributed by atoms with van der Waals surface area (Å²) in [6.45, 7) is 2.20. The highest BCUT2D eigenvalue weighted by molar-refractivity contribution is 5.89. The Hall–Kier alpha value is -3.39. The van der Waals surface area contributed by atoms with Gasteiger partial charge >= 0.3 is 12.1 Å². The summed E-state index contributed by atoms with van der Waals surface area (Å²) in [5.41, 5.74) is 4.33. The molecule has 2 aromatic rings. The minimum atomic E-state index is -1.23. The Bertz CT molecular complexity index is 1020. The molecule has 1 aliphatic heterocycles. The summed E-state index contributed by atoms with van der Waals surface area (Å²) in [7, 11) is 0. The second-order valence-electron chi connectivity index (χ2n) is 9.03. The third-order valence-electron chi connectivity index (χ3n) is 6.59. The van der Waals surface area contributed by atoms with E-state index < -0.39 is 36.5 Å². The average Bonchev–Trinajstić information content (AvgIpc) is 3.38. The lowest BCUT2D eigenvalue weighted by Gasteiger charge is -2.29. The first-order valence-corrected chi connectivity index (χ1v) is 11.7. The molecule has 34 heavy (non-hydrogen) atoms. The van der Waals surface area contributed by atoms with E-state index in [1.807, 2.05) is 48.5 Å². The Morgan fingerprint density at radius 3 is 2.29 bits per heavy atom. The number of ether oxygens (including phenoxy) is 1. The number of carboxylic acids is 1. The second-order valence-corrected chi connectivity index (χ2v) is 9.03. The molecule has 8 heteroatoms. The number of aliphatic hydroxyl groups excluding tert-OH is 1. The lowest BCUT2D eigenvalue weighted by molar-refractivity contribution is -0.143. The smallest absolute Gasteiger partial charge is 0.407 e. The number of alkyl carbamates (subject to hydrolysis) is 1. The van der Waals surface area contributed by atoms with Crippen molar-refractivity contribution in [3.8, 4) is 11.1 Å². The summed E-state index contributed by atoms with van der Waals surface area (Å²) in [6, 6.07) is 14.5. The zero-order valence-corrected chi connectivity index (χ0v) is 19.1. The minimum absolute atomic E-state index is 0.0716. The number of nitrogens with zero attached hydrogens (tertiary/aromatic N) is 1. The third kappa shape index (κ3) is 5.07. The second kappa shape index (κ2) is 10.3. The fraction of sp³-hybridized carbons (Fsp3) is 0.423. The zero-order chi connectivity index (χ0) is 24.2. The van der Waals surface area contributed by atoms with Gasteiger partial charge in [0.15, 0.2) is 0 Å². The number of likely N-dealkylation sites (tertiary alicyclic amines) is 1. The Balaban J connectivity index is 1.43. The molecule has 1 heterocycles. The van der Waals surface area contributed by atoms with Crippen LogP contribution in [0.5, 0.6) is 0 Å². The number of benzene rings is 2. The molecular weight excluding hydrogens is 436 g/mol. The van der Waals surface area contributed by atoms with E-state index in [9.17, 15) is 24.6 Å². The van der Waals surface area contributed by atoms with E-state index in [4.69, 9.17) is 4.74 Å². The number of carbonyl (C=O) groups is 3. The number of rotatable bonds is 8. The van der Waals surface area contributed by atoms with E-state index in [1.54, 1.807) is 11.8 Å². The van der Waals surface area contributed by atoms with Crippen molar-refractivity contribution in [2.24, 2.45) is 0 Å². The van der Waals surface area contributed by atoms with Crippen molar-refractivity contribution in [2.45, 2.75) is 56.7 Å². The highest BCUT2D eigenvalue weighted by Gasteiger charge is 2.36. The van der Waals surface area contributed by atoms with Crippen molar-refractivity contribution in [1.82, 2.24) is 10.2 Å². The number of carbonyl (C=O) groups excluding carboxylic acids is 2. The van der Waals surface area contributed by atoms with Gasteiger partial charge in [0.25, 0.3) is 0 Å². The van der Waals surface area contributed by atoms with Gasteiger partial charge in [-0.15, -0.1) is 0 Å². The first kappa shape index (κ1) is 23.8. The molecule has 3 unspecified atom stereocenters. The van der Waals surface area contributed by atoms with Crippen molar-refractivity contribution in [3.63, 3.8) is 0 Å². The predicted octanol–water partition coefficient (Wildman–Crippen LogP) is 3.13. The summed E-state index contributed by atoms with van der Waals surface area (Å²) < 4.78 is 5.50. The number of aliphatic hydroxyl groups is 1. The van der Waals surface area contributed by atoms with Crippen molar-refractivity contribution in [3.05, 3.63) is 59.7 Å². The quantitative estimate of drug-likeness (QED) is 0.551. The van der Waals surface area contributed by atoms with E-state index in [1.165, 1.54) is 0 Å². The van der Waals surface area contributed by atoms with Gasteiger partial charge in [-0.1, -0.05) is 48.5 Å². The van der Waals surface area contributed by atoms with Crippen LogP contribution in [-0.2, 0) is 14.3 Å². The first-order valence-electron chi connectivity index (χ1n) is 11.7. The predicted molar refractivity (Wildman–Crippen MR) is 125 cm³/mol. The largest absolute Gasteiger partial charge is 0.481 e. The molecule has 0 saturated carbocycles. The van der Waals surface area contributed by atoms with Crippen LogP contribution in [0.25, 0.3) is 11.1 Å². The molecule has 8 nitrogen and oxygen atoms in total. The van der Waals surface area contributed by atoms with Crippen LogP contribution in [0, 0.1) is 0 Å². The van der Waals surface area contributed by atoms with Gasteiger partial charge in [-0.25, -0.2) is 4.79 Å². The molecule has 0 radical (unpaired) electrons. The van der Waals surface area contributed by atoms with Crippen LogP contribution in [0.15, 0.2) is 48.5 Å². The molecule has 2 aromatic carbocycles. The number of amides is 2. The Morgan fingerprint density at radius 2 is 1.71 bits per heavy atom. The maximum absolute atomic E-state index is 13.1. The Kier molecular flexibility index (Phi) is 7.17. The van der Waals surface area contributed by atoms with Crippen molar-refractivity contribution < 1.29 is 29.3 Å². The van der Waals surface area contributed by atoms with Crippen LogP contribution < -0.4 is 5.32 Å². The monoisotopic (exact) mass is 466 g/mol. The van der Waals surface area contributed by atoms with Crippen LogP contribution in [0.2, 0.25) is 0 Å². The molecule has 2 aliphatic rings. The van der Waals surface area contributed by atoms with Crippen LogP contribution in [0.1, 0.15) is 49.7 Å². The van der Waals surface area contributed by atoms with Crippen LogP contribution in [0.4, 0.5) is 4.79 Å². The van der Waals surface area contributed by atoms with Crippen molar-refractivity contribution in [1.29, 1.82) is 0 Å². The molecule has 4 rings (SSSR count). The molecule has 3 atom stereocenters. The maximum Gasteiger partial charge on any atom is 0.407 e. The van der Waals surface area contributed by atoms with E-state index in [0.29, 0.717) is 13.0 Å². The fourth-order valence-electron chi connectivity index (χ4n) is 5.12. The van der Waals surface area contributed by atoms with Gasteiger partial charge in [0.1, 0.15) is 12.6 Å². The van der Waals surface area contributed by atoms with Crippen LogP contribution in [-0.4, -0.2) is 64.4 Å². The van der Waals surface area contributed by atoms with Gasteiger partial charge in [-0.3, -0.25) is 9.59 Å². The van der Waals surface area contributed by atoms with E-state index in [-0.39, 0.29) is 18.6 Å². The summed E-state index contributed by atoms with van der Waals surface area (Å²) >= 11 is 0. The Labute approximate surface area is 198 Å². The summed E-state index contributed by atoms with van der Waals surface area (Å²) in [5, 5.41) is 21.5. The van der Waals surface area contributed by atoms with E-state index >= 15 is 0 Å². The lowest BCUT2D eigenvalue weighted by Crippen LogP contribution is -2.51. The molecular formula is C26H30N2O6. The third-order valence-corrected chi connectivity index (χ3v) is 6.59. The van der Waals surface area contributed by atoms with Gasteiger partial charge in [0, 0.05) is 18.5 Å². The number of carboxylic acid groups (broad SMARTS) is 1. The number of fused-ring (bicyclic) bond motifs is 3. The summed E-state index contributed by atoms with van der Waals surface area (Å²) in [4.78, 5) is 38.7. The molecule has 3 N–H and O–H groups in total. The van der Waals surface area contributed by atoms with Gasteiger partial charge < -0.3 is 25.2 Å². The number of aliphatic carboxylic acids is 1. The number of nitrogens with one attached hydrogen (secondary N) is 1. The standard InChI is InChI=1S/C26H30N2O6/c1-16(29)13-17-7-6-12-28(17)25(32)23(14-24(30)31)27-26(33)34-15-22-20-10-4-2-8-18(20)19-9-3-5-11-21(19)22/h2-5,8-11,16-17,22-23,29H,6-7,12-15H2,1H3,(H,27,33)(H,30,31). The van der Waals surface area contributed by atoms with Crippen LogP contribution >= 0.6 is 0 Å². The van der Waals surface area contributed by atoms with E-state index in [0.717, 1.165) is 35.1 Å². The molecule has 1 saturated heterocycles. The van der Waals surface area contributed by atoms with Gasteiger partial charge in [-0.2, -0.15) is 0 Å². The minimum Gasteiger partial charge on any atom is -0.481 e. The molecule has 1 aliphatic carbocycles. The summed E-state index contributed by atoms with van der Waals surface area (Å²) in [6.07, 6.45) is -0.0220. The fourth-order valence-corrected chi connectivity index (χ4v) is 5.12. The first-order chi connectivity index (χ1) is 16.3. The molecule has 1 fully saturated rings. The highest BCUT2D eigenvalue weighted by Crippen LogP contribution is 2.44. The number of hydrogen-bond donors (Lipinski definition) is 3. The molecule has 0 bridgehead atoms. The van der Waals surface area contributed by atoms with Crippen molar-refractivity contribution in [2.75, 3.05) is 13.2 Å². The molecule has 0 aromatic heterocycles. The topological polar surface area (TPSA) is 116 Å². The van der Waals surface area contributed by atoms with Crippen LogP contribution in [0.3, 0.4) is 0 Å². The molecule has 180 valence electrons. The van der Waals surface area contributed by atoms with E-state index in [2.05, 4.69) is 5.32 Å². The van der Waals surface area contributed by atoms with Gasteiger partial charge in [-0.05, 0) is 48.4 Å². The lowest BCUT2D eigenvalue weighted by atomic mass is 9.98. The highest BCUT2D eigenvalue weighted by atomic mass is 16.5. The van der Waals surface area contributed by atoms with Gasteiger partial charge in [0.2, 0.25) is 5.91 Å². The van der Waals surface area contributed by atoms with Crippen molar-refractivity contribution >= 4 is 18.0 Å². The summed E-state index contributed by atoms with van der Waals surface area (Å²) in [5.74, 6) is -1.79. The zero-order valence-electron chi connectivity index (χ0n) is 19.1. The maximum atomic E-state index is 13.1. The normalized spacial score (nSPS) is 18.6.